The number of carbonyl (C=O) groups is 1. The van der Waals surface area contributed by atoms with E-state index in [2.05, 4.69) is 13.8 Å². The van der Waals surface area contributed by atoms with Crippen LogP contribution < -0.4 is 0 Å². The van der Waals surface area contributed by atoms with Gasteiger partial charge in [0, 0.05) is 6.92 Å². The van der Waals surface area contributed by atoms with Gasteiger partial charge < -0.3 is 47.4 Å². The molecule has 1 unspecified atom stereocenters. The molecule has 0 aliphatic carbocycles. The maximum atomic E-state index is 10.6. The Labute approximate surface area is 268 Å². The molecular weight excluding hydrogens is 572 g/mol. The van der Waals surface area contributed by atoms with Gasteiger partial charge in [-0.2, -0.15) is 0 Å². The van der Waals surface area contributed by atoms with E-state index in [4.69, 9.17) is 47.4 Å². The largest absolute Gasteiger partial charge is 0.463 e. The Hall–Kier alpha value is -0.890. The second-order valence-corrected chi connectivity index (χ2v) is 10.4. The third-order valence-electron chi connectivity index (χ3n) is 6.48. The van der Waals surface area contributed by atoms with E-state index in [9.17, 15) is 4.79 Å². The van der Waals surface area contributed by atoms with Gasteiger partial charge in [-0.05, 0) is 12.8 Å². The lowest BCUT2D eigenvalue weighted by atomic mass is 10.0. The lowest BCUT2D eigenvalue weighted by Crippen LogP contribution is -2.18. The number of unbranched alkanes of at least 4 members (excludes halogenated alkanes) is 6. The van der Waals surface area contributed by atoms with Gasteiger partial charge in [0.1, 0.15) is 6.61 Å². The molecule has 11 nitrogen and oxygen atoms in total. The van der Waals surface area contributed by atoms with Crippen molar-refractivity contribution in [3.63, 3.8) is 0 Å². The first-order chi connectivity index (χ1) is 21.7. The van der Waals surface area contributed by atoms with E-state index in [1.54, 1.807) is 0 Å². The minimum atomic E-state index is -0.306. The zero-order valence-corrected chi connectivity index (χ0v) is 28.4. The van der Waals surface area contributed by atoms with E-state index < -0.39 is 0 Å². The molecule has 0 aliphatic rings. The van der Waals surface area contributed by atoms with Crippen LogP contribution in [0.2, 0.25) is 0 Å². The lowest BCUT2D eigenvalue weighted by Gasteiger charge is -2.18. The fourth-order valence-corrected chi connectivity index (χ4v) is 4.07. The summed E-state index contributed by atoms with van der Waals surface area (Å²) in [5.41, 5.74) is 0. The number of hydrogen-bond donors (Lipinski definition) is 0. The topological polar surface area (TPSA) is 109 Å². The van der Waals surface area contributed by atoms with Crippen LogP contribution in [-0.4, -0.2) is 131 Å². The molecule has 264 valence electrons. The Morgan fingerprint density at radius 1 is 0.409 bits per heavy atom. The van der Waals surface area contributed by atoms with Gasteiger partial charge in [0.2, 0.25) is 0 Å². The fraction of sp³-hybridized carbons (Fsp3) is 0.970. The van der Waals surface area contributed by atoms with Crippen molar-refractivity contribution in [1.29, 1.82) is 0 Å². The fourth-order valence-electron chi connectivity index (χ4n) is 4.07. The molecule has 0 saturated heterocycles. The minimum absolute atomic E-state index is 0.264. The molecule has 0 bridgehead atoms. The van der Waals surface area contributed by atoms with Crippen LogP contribution >= 0.6 is 0 Å². The highest BCUT2D eigenvalue weighted by atomic mass is 16.6. The van der Waals surface area contributed by atoms with Gasteiger partial charge in [-0.15, -0.1) is 0 Å². The quantitative estimate of drug-likeness (QED) is 0.0673. The van der Waals surface area contributed by atoms with Crippen LogP contribution in [0.5, 0.6) is 0 Å². The first-order valence-corrected chi connectivity index (χ1v) is 17.1. The molecule has 0 N–H and O–H groups in total. The van der Waals surface area contributed by atoms with Crippen molar-refractivity contribution in [2.75, 3.05) is 119 Å². The summed E-state index contributed by atoms with van der Waals surface area (Å²) < 4.78 is 54.7. The van der Waals surface area contributed by atoms with E-state index >= 15 is 0 Å². The molecule has 0 amide bonds. The van der Waals surface area contributed by atoms with Gasteiger partial charge >= 0.3 is 5.97 Å². The predicted molar refractivity (Wildman–Crippen MR) is 170 cm³/mol. The van der Waals surface area contributed by atoms with Crippen LogP contribution in [0.4, 0.5) is 0 Å². The van der Waals surface area contributed by atoms with Crippen molar-refractivity contribution >= 4 is 5.97 Å². The van der Waals surface area contributed by atoms with Crippen molar-refractivity contribution in [2.24, 2.45) is 0 Å². The van der Waals surface area contributed by atoms with Crippen LogP contribution in [-0.2, 0) is 52.2 Å². The summed E-state index contributed by atoms with van der Waals surface area (Å²) in [5.74, 6) is -0.306. The third kappa shape index (κ3) is 37.3. The smallest absolute Gasteiger partial charge is 0.302 e. The highest BCUT2D eigenvalue weighted by Crippen LogP contribution is 2.15. The molecule has 11 heteroatoms. The highest BCUT2D eigenvalue weighted by Gasteiger charge is 2.09. The van der Waals surface area contributed by atoms with E-state index in [-0.39, 0.29) is 12.6 Å². The van der Waals surface area contributed by atoms with E-state index in [1.807, 2.05) is 0 Å². The van der Waals surface area contributed by atoms with Gasteiger partial charge in [-0.1, -0.05) is 65.2 Å². The van der Waals surface area contributed by atoms with Crippen LogP contribution in [0.3, 0.4) is 0 Å². The van der Waals surface area contributed by atoms with Gasteiger partial charge in [-0.3, -0.25) is 4.79 Å². The number of esters is 1. The van der Waals surface area contributed by atoms with Crippen LogP contribution in [0.1, 0.15) is 85.0 Å². The van der Waals surface area contributed by atoms with Crippen LogP contribution in [0.15, 0.2) is 0 Å². The molecule has 0 aliphatic heterocycles. The molecule has 0 saturated carbocycles. The molecule has 0 aromatic rings. The molecule has 0 spiro atoms. The molecule has 44 heavy (non-hydrogen) atoms. The Morgan fingerprint density at radius 2 is 0.705 bits per heavy atom. The first kappa shape index (κ1) is 43.1. The van der Waals surface area contributed by atoms with Crippen molar-refractivity contribution in [1.82, 2.24) is 0 Å². The van der Waals surface area contributed by atoms with Crippen molar-refractivity contribution < 1.29 is 52.2 Å². The lowest BCUT2D eigenvalue weighted by molar-refractivity contribution is -0.142. The highest BCUT2D eigenvalue weighted by molar-refractivity contribution is 5.65. The molecule has 1 atom stereocenters. The standard InChI is InChI=1S/C33H66O11/c1-4-6-8-9-11-13-33(12-10-7-5-2)44-31-29-42-27-25-40-23-21-38-19-17-36-15-14-35-16-18-37-20-22-39-24-26-41-28-30-43-32(3)34/h33H,4-31H2,1-3H3. The first-order valence-electron chi connectivity index (χ1n) is 17.1. The zero-order chi connectivity index (χ0) is 32.0. The normalized spacial score (nSPS) is 12.2. The molecule has 0 aromatic carbocycles. The van der Waals surface area contributed by atoms with Crippen molar-refractivity contribution in [3.05, 3.63) is 0 Å². The Bertz CT molecular complexity index is 554. The van der Waals surface area contributed by atoms with E-state index in [1.165, 1.54) is 71.1 Å². The number of ether oxygens (including phenoxy) is 10. The van der Waals surface area contributed by atoms with E-state index in [0.29, 0.717) is 118 Å². The summed E-state index contributed by atoms with van der Waals surface area (Å²) in [5, 5.41) is 0. The third-order valence-corrected chi connectivity index (χ3v) is 6.48. The predicted octanol–water partition coefficient (Wildman–Crippen LogP) is 5.01. The summed E-state index contributed by atoms with van der Waals surface area (Å²) in [6.45, 7) is 15.0. The monoisotopic (exact) mass is 638 g/mol. The number of carbonyl (C=O) groups excluding carboxylic acids is 1. The SMILES string of the molecule is CCCCCCCC(CCCCC)OCCOCCOCCOCCOCCOCCOCCOCCOCCOC(C)=O. The molecule has 0 heterocycles. The van der Waals surface area contributed by atoms with Crippen LogP contribution in [0, 0.1) is 0 Å². The summed E-state index contributed by atoms with van der Waals surface area (Å²) in [7, 11) is 0. The van der Waals surface area contributed by atoms with Gasteiger partial charge in [-0.25, -0.2) is 0 Å². The number of rotatable bonds is 38. The van der Waals surface area contributed by atoms with Crippen molar-refractivity contribution in [2.45, 2.75) is 91.1 Å². The maximum absolute atomic E-state index is 10.6. The molecule has 0 fully saturated rings. The summed E-state index contributed by atoms with van der Waals surface area (Å²) in [6, 6.07) is 0. The molecule has 0 radical (unpaired) electrons. The second-order valence-electron chi connectivity index (χ2n) is 10.4. The molecule has 0 rings (SSSR count). The molecule has 0 aromatic heterocycles. The Kier molecular flexibility index (Phi) is 37.5. The average Bonchev–Trinajstić information content (AvgIpc) is 3.01. The van der Waals surface area contributed by atoms with Gasteiger partial charge in [0.15, 0.2) is 0 Å². The van der Waals surface area contributed by atoms with Crippen molar-refractivity contribution in [3.8, 4) is 0 Å². The summed E-state index contributed by atoms with van der Waals surface area (Å²) in [6.07, 6.45) is 13.1. The average molecular weight is 639 g/mol. The van der Waals surface area contributed by atoms with Gasteiger partial charge in [0.05, 0.1) is 118 Å². The number of hydrogen-bond acceptors (Lipinski definition) is 11. The van der Waals surface area contributed by atoms with Gasteiger partial charge in [0.25, 0.3) is 0 Å². The molecular formula is C33H66O11. The van der Waals surface area contributed by atoms with Crippen LogP contribution in [0.25, 0.3) is 0 Å². The minimum Gasteiger partial charge on any atom is -0.463 e. The second kappa shape index (κ2) is 38.3. The summed E-state index contributed by atoms with van der Waals surface area (Å²) in [4.78, 5) is 10.6. The Balaban J connectivity index is 3.28. The summed E-state index contributed by atoms with van der Waals surface area (Å²) >= 11 is 0. The zero-order valence-electron chi connectivity index (χ0n) is 28.4. The maximum Gasteiger partial charge on any atom is 0.302 e. The Morgan fingerprint density at radius 3 is 1.07 bits per heavy atom. The van der Waals surface area contributed by atoms with E-state index in [0.717, 1.165) is 0 Å².